The Balaban J connectivity index is 3.82. The van der Waals surface area contributed by atoms with Crippen LogP contribution in [0.25, 0.3) is 0 Å². The summed E-state index contributed by atoms with van der Waals surface area (Å²) in [5.74, 6) is -5.00. The van der Waals surface area contributed by atoms with E-state index in [0.29, 0.717) is 6.42 Å². The highest BCUT2D eigenvalue weighted by molar-refractivity contribution is 4.83. The van der Waals surface area contributed by atoms with Crippen LogP contribution < -0.4 is 0 Å². The second-order valence-corrected chi connectivity index (χ2v) is 4.19. The number of aliphatic hydroxyl groups excluding tert-OH is 1. The number of aliphatic hydroxyl groups is 1. The molecule has 0 spiro atoms. The smallest absolute Gasteiger partial charge is 0.386 e. The highest BCUT2D eigenvalue weighted by atomic mass is 19.4. The summed E-state index contributed by atoms with van der Waals surface area (Å²) in [6.07, 6.45) is -4.24. The zero-order chi connectivity index (χ0) is 13.5. The Hall–Kier alpha value is -0.390. The Kier molecular flexibility index (Phi) is 6.97. The fraction of sp³-hybridized carbons (Fsp3) is 1.00. The van der Waals surface area contributed by atoms with Gasteiger partial charge in [0, 0.05) is 0 Å². The Morgan fingerprint density at radius 3 is 1.82 bits per heavy atom. The Labute approximate surface area is 98.0 Å². The molecule has 0 amide bonds. The monoisotopic (exact) mass is 262 g/mol. The van der Waals surface area contributed by atoms with E-state index in [-0.39, 0.29) is 6.42 Å². The molecule has 0 saturated heterocycles. The van der Waals surface area contributed by atoms with E-state index in [1.165, 1.54) is 0 Å². The van der Waals surface area contributed by atoms with Gasteiger partial charge in [-0.05, 0) is 6.42 Å². The van der Waals surface area contributed by atoms with Gasteiger partial charge in [-0.15, -0.1) is 0 Å². The molecule has 0 heterocycles. The number of rotatable bonds is 8. The normalized spacial score (nSPS) is 15.0. The van der Waals surface area contributed by atoms with Crippen LogP contribution in [-0.2, 0) is 0 Å². The van der Waals surface area contributed by atoms with Crippen LogP contribution in [0.15, 0.2) is 0 Å². The molecule has 1 N–H and O–H groups in total. The lowest BCUT2D eigenvalue weighted by Gasteiger charge is -2.24. The summed E-state index contributed by atoms with van der Waals surface area (Å²) < 4.78 is 60.7. The maximum atomic E-state index is 12.6. The van der Waals surface area contributed by atoms with Gasteiger partial charge in [0.2, 0.25) is 0 Å². The summed E-state index contributed by atoms with van der Waals surface area (Å²) in [5, 5.41) is 8.85. The summed E-state index contributed by atoms with van der Waals surface area (Å²) in [5.41, 5.74) is 0. The summed E-state index contributed by atoms with van der Waals surface area (Å²) >= 11 is 0. The van der Waals surface area contributed by atoms with Crippen molar-refractivity contribution in [3.63, 3.8) is 0 Å². The Morgan fingerprint density at radius 1 is 0.882 bits per heavy atom. The standard InChI is InChI=1S/C11H19F5O/c1-2-3-4-5-6-7-8-9(17)10(12,13)11(14,15)16/h9,17H,2-8H2,1H3/t9-/m1/s1. The molecular weight excluding hydrogens is 243 g/mol. The zero-order valence-corrected chi connectivity index (χ0v) is 9.86. The molecule has 0 aliphatic rings. The summed E-state index contributed by atoms with van der Waals surface area (Å²) in [7, 11) is 0. The third-order valence-electron chi connectivity index (χ3n) is 2.63. The quantitative estimate of drug-likeness (QED) is 0.511. The molecular formula is C11H19F5O. The maximum absolute atomic E-state index is 12.6. The molecule has 0 bridgehead atoms. The minimum Gasteiger partial charge on any atom is -0.386 e. The number of halogens is 5. The van der Waals surface area contributed by atoms with E-state index in [1.54, 1.807) is 0 Å². The molecule has 0 rings (SSSR count). The van der Waals surface area contributed by atoms with E-state index in [1.807, 2.05) is 6.92 Å². The van der Waals surface area contributed by atoms with E-state index in [9.17, 15) is 22.0 Å². The number of hydrogen-bond acceptors (Lipinski definition) is 1. The minimum absolute atomic E-state index is 0.191. The van der Waals surface area contributed by atoms with Crippen molar-refractivity contribution in [1.82, 2.24) is 0 Å². The minimum atomic E-state index is -5.67. The largest absolute Gasteiger partial charge is 0.456 e. The van der Waals surface area contributed by atoms with Crippen LogP contribution in [0.4, 0.5) is 22.0 Å². The maximum Gasteiger partial charge on any atom is 0.456 e. The fourth-order valence-electron chi connectivity index (χ4n) is 1.49. The van der Waals surface area contributed by atoms with Gasteiger partial charge in [-0.3, -0.25) is 0 Å². The SMILES string of the molecule is CCCCCCCC[C@@H](O)C(F)(F)C(F)(F)F. The van der Waals surface area contributed by atoms with E-state index in [0.717, 1.165) is 25.7 Å². The van der Waals surface area contributed by atoms with Gasteiger partial charge in [-0.1, -0.05) is 45.4 Å². The van der Waals surface area contributed by atoms with Gasteiger partial charge in [-0.25, -0.2) is 0 Å². The summed E-state index contributed by atoms with van der Waals surface area (Å²) in [6.45, 7) is 2.02. The lowest BCUT2D eigenvalue weighted by atomic mass is 10.0. The van der Waals surface area contributed by atoms with Crippen LogP contribution in [0, 0.1) is 0 Å². The molecule has 1 atom stereocenters. The van der Waals surface area contributed by atoms with Crippen LogP contribution in [0.2, 0.25) is 0 Å². The molecule has 0 saturated carbocycles. The van der Waals surface area contributed by atoms with Crippen molar-refractivity contribution in [2.45, 2.75) is 70.1 Å². The first-order valence-electron chi connectivity index (χ1n) is 5.86. The van der Waals surface area contributed by atoms with Gasteiger partial charge >= 0.3 is 12.1 Å². The third-order valence-corrected chi connectivity index (χ3v) is 2.63. The molecule has 0 aliphatic carbocycles. The van der Waals surface area contributed by atoms with Crippen LogP contribution in [0.3, 0.4) is 0 Å². The topological polar surface area (TPSA) is 20.2 Å². The van der Waals surface area contributed by atoms with Crippen LogP contribution >= 0.6 is 0 Å². The van der Waals surface area contributed by atoms with Crippen molar-refractivity contribution < 1.29 is 27.1 Å². The highest BCUT2D eigenvalue weighted by Crippen LogP contribution is 2.39. The third kappa shape index (κ3) is 5.66. The first-order chi connectivity index (χ1) is 7.73. The van der Waals surface area contributed by atoms with E-state index >= 15 is 0 Å². The summed E-state index contributed by atoms with van der Waals surface area (Å²) in [4.78, 5) is 0. The van der Waals surface area contributed by atoms with Crippen molar-refractivity contribution in [3.05, 3.63) is 0 Å². The fourth-order valence-corrected chi connectivity index (χ4v) is 1.49. The zero-order valence-electron chi connectivity index (χ0n) is 9.86. The average molecular weight is 262 g/mol. The molecule has 0 aromatic heterocycles. The predicted molar refractivity (Wildman–Crippen MR) is 55.0 cm³/mol. The lowest BCUT2D eigenvalue weighted by molar-refractivity contribution is -0.313. The van der Waals surface area contributed by atoms with Gasteiger partial charge < -0.3 is 5.11 Å². The lowest BCUT2D eigenvalue weighted by Crippen LogP contribution is -2.46. The molecule has 6 heteroatoms. The average Bonchev–Trinajstić information content (AvgIpc) is 2.21. The highest BCUT2D eigenvalue weighted by Gasteiger charge is 2.61. The molecule has 104 valence electrons. The van der Waals surface area contributed by atoms with Gasteiger partial charge in [0.15, 0.2) is 0 Å². The van der Waals surface area contributed by atoms with Gasteiger partial charge in [0.1, 0.15) is 6.10 Å². The molecule has 0 unspecified atom stereocenters. The van der Waals surface area contributed by atoms with Crippen LogP contribution in [0.5, 0.6) is 0 Å². The van der Waals surface area contributed by atoms with Crippen molar-refractivity contribution in [1.29, 1.82) is 0 Å². The predicted octanol–water partition coefficient (Wildman–Crippen LogP) is 4.30. The van der Waals surface area contributed by atoms with Gasteiger partial charge in [0.25, 0.3) is 0 Å². The Bertz CT molecular complexity index is 203. The van der Waals surface area contributed by atoms with Crippen molar-refractivity contribution >= 4 is 0 Å². The van der Waals surface area contributed by atoms with Gasteiger partial charge in [0.05, 0.1) is 0 Å². The number of alkyl halides is 5. The molecule has 0 fully saturated rings. The molecule has 17 heavy (non-hydrogen) atoms. The van der Waals surface area contributed by atoms with Crippen LogP contribution in [0.1, 0.15) is 51.9 Å². The van der Waals surface area contributed by atoms with Gasteiger partial charge in [-0.2, -0.15) is 22.0 Å². The first-order valence-corrected chi connectivity index (χ1v) is 5.86. The van der Waals surface area contributed by atoms with E-state index < -0.39 is 24.6 Å². The van der Waals surface area contributed by atoms with Crippen LogP contribution in [-0.4, -0.2) is 23.3 Å². The van der Waals surface area contributed by atoms with Crippen molar-refractivity contribution in [3.8, 4) is 0 Å². The molecule has 1 nitrogen and oxygen atoms in total. The van der Waals surface area contributed by atoms with E-state index in [2.05, 4.69) is 0 Å². The number of unbranched alkanes of at least 4 members (excludes halogenated alkanes) is 5. The molecule has 0 aromatic rings. The second kappa shape index (κ2) is 7.13. The molecule has 0 radical (unpaired) electrons. The molecule has 0 aliphatic heterocycles. The molecule has 0 aromatic carbocycles. The second-order valence-electron chi connectivity index (χ2n) is 4.19. The van der Waals surface area contributed by atoms with Crippen molar-refractivity contribution in [2.75, 3.05) is 0 Å². The van der Waals surface area contributed by atoms with E-state index in [4.69, 9.17) is 5.11 Å². The number of hydrogen-bond donors (Lipinski definition) is 1. The van der Waals surface area contributed by atoms with Crippen molar-refractivity contribution in [2.24, 2.45) is 0 Å². The Morgan fingerprint density at radius 2 is 1.35 bits per heavy atom. The summed E-state index contributed by atoms with van der Waals surface area (Å²) in [6, 6.07) is 0. The first kappa shape index (κ1) is 16.6.